The highest BCUT2D eigenvalue weighted by molar-refractivity contribution is 6.36. The molecule has 0 bridgehead atoms. The van der Waals surface area contributed by atoms with Crippen LogP contribution in [0.4, 0.5) is 0 Å². The van der Waals surface area contributed by atoms with E-state index < -0.39 is 11.7 Å². The number of benzene rings is 1. The number of hydrogen-bond acceptors (Lipinski definition) is 7. The first kappa shape index (κ1) is 28.5. The number of carbonyl (C=O) groups is 3. The van der Waals surface area contributed by atoms with E-state index in [2.05, 4.69) is 20.1 Å². The molecule has 11 heteroatoms. The molecule has 210 valence electrons. The molecule has 3 aromatic heterocycles. The van der Waals surface area contributed by atoms with E-state index in [1.165, 1.54) is 12.0 Å². The fourth-order valence-corrected chi connectivity index (χ4v) is 4.80. The number of aromatic nitrogens is 5. The van der Waals surface area contributed by atoms with E-state index >= 15 is 0 Å². The summed E-state index contributed by atoms with van der Waals surface area (Å²) >= 11 is 0. The number of Topliss-reactive ketones (excluding diaryl/α,β-unsaturated/α-hetero) is 1. The molecule has 0 saturated heterocycles. The molecule has 0 fully saturated rings. The molecule has 40 heavy (non-hydrogen) atoms. The van der Waals surface area contributed by atoms with Crippen LogP contribution in [0.2, 0.25) is 0 Å². The van der Waals surface area contributed by atoms with Crippen LogP contribution in [-0.2, 0) is 22.4 Å². The van der Waals surface area contributed by atoms with Crippen LogP contribution in [0.1, 0.15) is 49.4 Å². The van der Waals surface area contributed by atoms with Gasteiger partial charge in [-0.05, 0) is 38.5 Å². The molecule has 1 atom stereocenters. The number of likely N-dealkylation sites (N-methyl/N-ethyl adjacent to an activating group) is 2. The van der Waals surface area contributed by atoms with Crippen LogP contribution in [0.5, 0.6) is 5.75 Å². The van der Waals surface area contributed by atoms with Crippen LogP contribution in [0.25, 0.3) is 16.7 Å². The number of amides is 2. The normalized spacial score (nSPS) is 11.8. The monoisotopic (exact) mass is 545 g/mol. The molecule has 0 radical (unpaired) electrons. The minimum absolute atomic E-state index is 0.112. The van der Waals surface area contributed by atoms with Crippen molar-refractivity contribution in [1.29, 1.82) is 0 Å². The molecule has 1 N–H and O–H groups in total. The van der Waals surface area contributed by atoms with Gasteiger partial charge in [0.1, 0.15) is 12.1 Å². The summed E-state index contributed by atoms with van der Waals surface area (Å²) in [5.74, 6) is 0.411. The van der Waals surface area contributed by atoms with Crippen LogP contribution < -0.4 is 4.74 Å². The maximum absolute atomic E-state index is 13.3. The van der Waals surface area contributed by atoms with Gasteiger partial charge in [0.2, 0.25) is 5.78 Å². The summed E-state index contributed by atoms with van der Waals surface area (Å²) in [6, 6.07) is 8.75. The standard InChI is InChI=1S/C29H35N7O4/c1-6-24-32-18-36(33-24)27-26-25(23(40-5)16-31-27)21(15-30-26)14-22(37)29(39)34(7-2)17-19(4)35(8-3)28(38)20-12-10-9-11-13-20/h9-13,15-16,18-19,30H,6-8,14,17H2,1-5H3/t19-/m1/s1. The summed E-state index contributed by atoms with van der Waals surface area (Å²) in [6.45, 7) is 8.63. The minimum Gasteiger partial charge on any atom is -0.494 e. The van der Waals surface area contributed by atoms with Crippen molar-refractivity contribution in [3.8, 4) is 11.6 Å². The molecule has 0 spiro atoms. The van der Waals surface area contributed by atoms with Crippen molar-refractivity contribution in [2.75, 3.05) is 26.7 Å². The highest BCUT2D eigenvalue weighted by atomic mass is 16.5. The predicted molar refractivity (Wildman–Crippen MR) is 151 cm³/mol. The maximum Gasteiger partial charge on any atom is 0.290 e. The van der Waals surface area contributed by atoms with Crippen LogP contribution in [-0.4, -0.2) is 84.9 Å². The number of ketones is 1. The lowest BCUT2D eigenvalue weighted by Gasteiger charge is -2.32. The summed E-state index contributed by atoms with van der Waals surface area (Å²) in [5, 5.41) is 5.10. The molecule has 0 aliphatic carbocycles. The minimum atomic E-state index is -0.593. The highest BCUT2D eigenvalue weighted by Crippen LogP contribution is 2.31. The van der Waals surface area contributed by atoms with E-state index in [0.29, 0.717) is 58.9 Å². The van der Waals surface area contributed by atoms with Crippen molar-refractivity contribution in [3.05, 3.63) is 66.0 Å². The predicted octanol–water partition coefficient (Wildman–Crippen LogP) is 3.23. The zero-order valence-corrected chi connectivity index (χ0v) is 23.5. The Kier molecular flexibility index (Phi) is 8.93. The van der Waals surface area contributed by atoms with Gasteiger partial charge in [0.15, 0.2) is 11.6 Å². The van der Waals surface area contributed by atoms with Gasteiger partial charge in [-0.2, -0.15) is 0 Å². The van der Waals surface area contributed by atoms with Gasteiger partial charge in [0.25, 0.3) is 11.8 Å². The number of nitrogens with zero attached hydrogens (tertiary/aromatic N) is 6. The number of pyridine rings is 1. The zero-order valence-electron chi connectivity index (χ0n) is 23.5. The van der Waals surface area contributed by atoms with Gasteiger partial charge < -0.3 is 19.5 Å². The van der Waals surface area contributed by atoms with Crippen LogP contribution in [0.15, 0.2) is 49.1 Å². The quantitative estimate of drug-likeness (QED) is 0.271. The van der Waals surface area contributed by atoms with Crippen LogP contribution >= 0.6 is 0 Å². The van der Waals surface area contributed by atoms with E-state index in [0.717, 1.165) is 0 Å². The summed E-state index contributed by atoms with van der Waals surface area (Å²) in [4.78, 5) is 54.7. The third-order valence-electron chi connectivity index (χ3n) is 6.93. The molecule has 0 saturated carbocycles. The Labute approximate surface area is 233 Å². The molecule has 2 amide bonds. The average molecular weight is 546 g/mol. The van der Waals surface area contributed by atoms with Gasteiger partial charge in [0.05, 0.1) is 24.2 Å². The summed E-state index contributed by atoms with van der Waals surface area (Å²) in [6.07, 6.45) is 5.41. The number of nitrogens with one attached hydrogen (secondary N) is 1. The molecule has 0 aliphatic rings. The number of H-pyrrole nitrogens is 1. The molecule has 3 heterocycles. The number of rotatable bonds is 12. The summed E-state index contributed by atoms with van der Waals surface area (Å²) < 4.78 is 7.11. The number of aromatic amines is 1. The molecule has 4 aromatic rings. The van der Waals surface area contributed by atoms with Crippen LogP contribution in [0.3, 0.4) is 0 Å². The second-order valence-electron chi connectivity index (χ2n) is 9.42. The largest absolute Gasteiger partial charge is 0.494 e. The number of fused-ring (bicyclic) bond motifs is 1. The first-order valence-electron chi connectivity index (χ1n) is 13.4. The average Bonchev–Trinajstić information content (AvgIpc) is 3.63. The fourth-order valence-electron chi connectivity index (χ4n) is 4.80. The lowest BCUT2D eigenvalue weighted by molar-refractivity contribution is -0.144. The van der Waals surface area contributed by atoms with E-state index in [1.807, 2.05) is 45.9 Å². The third kappa shape index (κ3) is 5.73. The van der Waals surface area contributed by atoms with Crippen molar-refractivity contribution < 1.29 is 19.1 Å². The first-order valence-corrected chi connectivity index (χ1v) is 13.4. The van der Waals surface area contributed by atoms with E-state index in [9.17, 15) is 14.4 Å². The Hall–Kier alpha value is -4.54. The van der Waals surface area contributed by atoms with Crippen molar-refractivity contribution in [3.63, 3.8) is 0 Å². The molecule has 4 rings (SSSR count). The molecule has 11 nitrogen and oxygen atoms in total. The molecule has 0 unspecified atom stereocenters. The van der Waals surface area contributed by atoms with Crippen molar-refractivity contribution >= 4 is 28.5 Å². The van der Waals surface area contributed by atoms with Crippen LogP contribution in [0, 0.1) is 0 Å². The first-order chi connectivity index (χ1) is 19.3. The Morgan fingerprint density at radius 3 is 2.45 bits per heavy atom. The zero-order chi connectivity index (χ0) is 28.8. The molecular formula is C29H35N7O4. The van der Waals surface area contributed by atoms with Gasteiger partial charge in [-0.15, -0.1) is 5.10 Å². The lowest BCUT2D eigenvalue weighted by atomic mass is 10.1. The SMILES string of the molecule is CCc1ncn(-c2ncc(OC)c3c(CC(=O)C(=O)N(CC)C[C@@H](C)N(CC)C(=O)c4ccccc4)c[nH]c23)n1. The van der Waals surface area contributed by atoms with Crippen molar-refractivity contribution in [2.24, 2.45) is 0 Å². The summed E-state index contributed by atoms with van der Waals surface area (Å²) in [7, 11) is 1.53. The smallest absolute Gasteiger partial charge is 0.290 e. The molecule has 1 aromatic carbocycles. The fraction of sp³-hybridized carbons (Fsp3) is 0.379. The van der Waals surface area contributed by atoms with E-state index in [-0.39, 0.29) is 24.9 Å². The maximum atomic E-state index is 13.3. The topological polar surface area (TPSA) is 126 Å². The van der Waals surface area contributed by atoms with Gasteiger partial charge in [-0.3, -0.25) is 14.4 Å². The van der Waals surface area contributed by atoms with Crippen molar-refractivity contribution in [1.82, 2.24) is 34.5 Å². The molecule has 0 aliphatic heterocycles. The van der Waals surface area contributed by atoms with Gasteiger partial charge >= 0.3 is 0 Å². The summed E-state index contributed by atoms with van der Waals surface area (Å²) in [5.41, 5.74) is 1.82. The van der Waals surface area contributed by atoms with Gasteiger partial charge in [-0.25, -0.2) is 14.6 Å². The number of hydrogen-bond donors (Lipinski definition) is 1. The third-order valence-corrected chi connectivity index (χ3v) is 6.93. The highest BCUT2D eigenvalue weighted by Gasteiger charge is 2.28. The van der Waals surface area contributed by atoms with Gasteiger partial charge in [0, 0.05) is 50.3 Å². The number of aryl methyl sites for hydroxylation is 1. The Balaban J connectivity index is 1.53. The molecular weight excluding hydrogens is 510 g/mol. The number of carbonyl (C=O) groups excluding carboxylic acids is 3. The Morgan fingerprint density at radius 1 is 1.07 bits per heavy atom. The lowest BCUT2D eigenvalue weighted by Crippen LogP contribution is -2.48. The number of ether oxygens (including phenoxy) is 1. The Morgan fingerprint density at radius 2 is 1.82 bits per heavy atom. The second kappa shape index (κ2) is 12.5. The van der Waals surface area contributed by atoms with Gasteiger partial charge in [-0.1, -0.05) is 25.1 Å². The van der Waals surface area contributed by atoms with E-state index in [1.54, 1.807) is 40.4 Å². The number of methoxy groups -OCH3 is 1. The van der Waals surface area contributed by atoms with Crippen molar-refractivity contribution in [2.45, 2.75) is 46.6 Å². The van der Waals surface area contributed by atoms with E-state index in [4.69, 9.17) is 4.74 Å². The Bertz CT molecular complexity index is 1490. The second-order valence-corrected chi connectivity index (χ2v) is 9.42.